The predicted molar refractivity (Wildman–Crippen MR) is 91.9 cm³/mol. The Morgan fingerprint density at radius 3 is 2.43 bits per heavy atom. The molecule has 0 saturated heterocycles. The quantitative estimate of drug-likeness (QED) is 0.888. The zero-order valence-corrected chi connectivity index (χ0v) is 14.5. The Labute approximate surface area is 134 Å². The number of benzene rings is 1. The summed E-state index contributed by atoms with van der Waals surface area (Å²) in [5.74, 6) is 2.68. The lowest BCUT2D eigenvalue weighted by Crippen LogP contribution is -2.20. The Morgan fingerprint density at radius 2 is 1.81 bits per heavy atom. The van der Waals surface area contributed by atoms with E-state index in [0.29, 0.717) is 0 Å². The van der Waals surface area contributed by atoms with Gasteiger partial charge in [-0.3, -0.25) is 0 Å². The van der Waals surface area contributed by atoms with Crippen molar-refractivity contribution in [1.29, 1.82) is 0 Å². The van der Waals surface area contributed by atoms with Crippen molar-refractivity contribution in [2.75, 3.05) is 23.8 Å². The van der Waals surface area contributed by atoms with Gasteiger partial charge in [0.15, 0.2) is 0 Å². The summed E-state index contributed by atoms with van der Waals surface area (Å²) in [6, 6.07) is 8.36. The van der Waals surface area contributed by atoms with Crippen molar-refractivity contribution in [3.8, 4) is 0 Å². The zero-order valence-electron chi connectivity index (χ0n) is 12.9. The number of hydrogen-bond donors (Lipinski definition) is 1. The summed E-state index contributed by atoms with van der Waals surface area (Å²) in [5, 5.41) is 3.30. The van der Waals surface area contributed by atoms with Gasteiger partial charge in [-0.05, 0) is 38.5 Å². The van der Waals surface area contributed by atoms with Crippen LogP contribution in [0.25, 0.3) is 0 Å². The minimum absolute atomic E-state index is 0.786. The van der Waals surface area contributed by atoms with E-state index in [-0.39, 0.29) is 0 Å². The molecule has 5 heteroatoms. The van der Waals surface area contributed by atoms with Gasteiger partial charge in [0.2, 0.25) is 0 Å². The maximum absolute atomic E-state index is 4.59. The van der Waals surface area contributed by atoms with Crippen LogP contribution in [0, 0.1) is 13.8 Å². The lowest BCUT2D eigenvalue weighted by atomic mass is 10.2. The molecule has 2 rings (SSSR count). The standard InChI is InChI=1S/C16H21BrN4/c1-5-18-15-11(2)16(20-12(3)19-15)21(4)10-13-6-8-14(17)9-7-13/h6-9H,5,10H2,1-4H3,(H,18,19,20). The first-order valence-electron chi connectivity index (χ1n) is 7.06. The molecular weight excluding hydrogens is 328 g/mol. The summed E-state index contributed by atoms with van der Waals surface area (Å²) in [7, 11) is 2.06. The molecule has 0 spiro atoms. The van der Waals surface area contributed by atoms with Gasteiger partial charge >= 0.3 is 0 Å². The average Bonchev–Trinajstić information content (AvgIpc) is 2.45. The molecule has 1 aromatic carbocycles. The van der Waals surface area contributed by atoms with Crippen LogP contribution in [-0.2, 0) is 6.54 Å². The molecule has 2 aromatic rings. The molecule has 0 unspecified atom stereocenters. The summed E-state index contributed by atoms with van der Waals surface area (Å²) in [6.07, 6.45) is 0. The van der Waals surface area contributed by atoms with Crippen molar-refractivity contribution in [1.82, 2.24) is 9.97 Å². The molecule has 0 radical (unpaired) electrons. The average molecular weight is 349 g/mol. The van der Waals surface area contributed by atoms with Crippen LogP contribution in [0.3, 0.4) is 0 Å². The van der Waals surface area contributed by atoms with Crippen LogP contribution in [0.1, 0.15) is 23.9 Å². The molecule has 1 N–H and O–H groups in total. The van der Waals surface area contributed by atoms with Crippen LogP contribution in [0.5, 0.6) is 0 Å². The normalized spacial score (nSPS) is 10.5. The second kappa shape index (κ2) is 6.89. The highest BCUT2D eigenvalue weighted by Crippen LogP contribution is 2.24. The fraction of sp³-hybridized carbons (Fsp3) is 0.375. The Kier molecular flexibility index (Phi) is 5.17. The zero-order chi connectivity index (χ0) is 15.4. The second-order valence-electron chi connectivity index (χ2n) is 5.08. The van der Waals surface area contributed by atoms with E-state index in [1.165, 1.54) is 5.56 Å². The maximum Gasteiger partial charge on any atom is 0.137 e. The molecule has 0 saturated carbocycles. The molecule has 0 aliphatic carbocycles. The molecule has 4 nitrogen and oxygen atoms in total. The van der Waals surface area contributed by atoms with E-state index in [1.807, 2.05) is 6.92 Å². The molecule has 21 heavy (non-hydrogen) atoms. The molecule has 0 fully saturated rings. The van der Waals surface area contributed by atoms with E-state index in [4.69, 9.17) is 0 Å². The van der Waals surface area contributed by atoms with Gasteiger partial charge in [-0.2, -0.15) is 0 Å². The fourth-order valence-electron chi connectivity index (χ4n) is 2.26. The van der Waals surface area contributed by atoms with Crippen LogP contribution >= 0.6 is 15.9 Å². The van der Waals surface area contributed by atoms with Gasteiger partial charge in [0.25, 0.3) is 0 Å². The van der Waals surface area contributed by atoms with Crippen LogP contribution in [0.15, 0.2) is 28.7 Å². The molecule has 0 atom stereocenters. The molecular formula is C16H21BrN4. The van der Waals surface area contributed by atoms with Gasteiger partial charge in [0.1, 0.15) is 17.5 Å². The van der Waals surface area contributed by atoms with Crippen LogP contribution in [-0.4, -0.2) is 23.6 Å². The Balaban J connectivity index is 2.25. The molecule has 1 aromatic heterocycles. The third kappa shape index (κ3) is 3.94. The van der Waals surface area contributed by atoms with E-state index in [0.717, 1.165) is 40.6 Å². The first-order valence-corrected chi connectivity index (χ1v) is 7.85. The minimum atomic E-state index is 0.786. The third-order valence-corrected chi connectivity index (χ3v) is 3.80. The number of rotatable bonds is 5. The van der Waals surface area contributed by atoms with Gasteiger partial charge in [0.05, 0.1) is 0 Å². The minimum Gasteiger partial charge on any atom is -0.370 e. The topological polar surface area (TPSA) is 41.1 Å². The Hall–Kier alpha value is -1.62. The predicted octanol–water partition coefficient (Wildman–Crippen LogP) is 3.92. The van der Waals surface area contributed by atoms with E-state index in [2.05, 4.69) is 81.3 Å². The summed E-state index contributed by atoms with van der Waals surface area (Å²) in [4.78, 5) is 11.2. The Bertz CT molecular complexity index is 610. The lowest BCUT2D eigenvalue weighted by molar-refractivity contribution is 0.869. The SMILES string of the molecule is CCNc1nc(C)nc(N(C)Cc2ccc(Br)cc2)c1C. The van der Waals surface area contributed by atoms with Crippen LogP contribution in [0.4, 0.5) is 11.6 Å². The number of hydrogen-bond acceptors (Lipinski definition) is 4. The maximum atomic E-state index is 4.59. The Morgan fingerprint density at radius 1 is 1.14 bits per heavy atom. The van der Waals surface area contributed by atoms with Gasteiger partial charge in [-0.15, -0.1) is 0 Å². The van der Waals surface area contributed by atoms with Gasteiger partial charge < -0.3 is 10.2 Å². The van der Waals surface area contributed by atoms with E-state index in [1.54, 1.807) is 0 Å². The van der Waals surface area contributed by atoms with Crippen molar-refractivity contribution in [3.63, 3.8) is 0 Å². The van der Waals surface area contributed by atoms with Crippen molar-refractivity contribution in [2.45, 2.75) is 27.3 Å². The highest BCUT2D eigenvalue weighted by molar-refractivity contribution is 9.10. The summed E-state index contributed by atoms with van der Waals surface area (Å²) < 4.78 is 1.09. The van der Waals surface area contributed by atoms with E-state index >= 15 is 0 Å². The van der Waals surface area contributed by atoms with Crippen molar-refractivity contribution < 1.29 is 0 Å². The number of nitrogens with zero attached hydrogens (tertiary/aromatic N) is 3. The lowest BCUT2D eigenvalue weighted by Gasteiger charge is -2.22. The number of aryl methyl sites for hydroxylation is 1. The van der Waals surface area contributed by atoms with Crippen molar-refractivity contribution in [2.24, 2.45) is 0 Å². The summed E-state index contributed by atoms with van der Waals surface area (Å²) in [6.45, 7) is 7.73. The van der Waals surface area contributed by atoms with Crippen molar-refractivity contribution in [3.05, 3.63) is 45.7 Å². The molecule has 1 heterocycles. The molecule has 0 bridgehead atoms. The molecule has 112 valence electrons. The largest absolute Gasteiger partial charge is 0.370 e. The number of halogens is 1. The van der Waals surface area contributed by atoms with Gasteiger partial charge in [-0.25, -0.2) is 9.97 Å². The monoisotopic (exact) mass is 348 g/mol. The van der Waals surface area contributed by atoms with Gasteiger partial charge in [-0.1, -0.05) is 28.1 Å². The summed E-state index contributed by atoms with van der Waals surface area (Å²) >= 11 is 3.46. The highest BCUT2D eigenvalue weighted by Gasteiger charge is 2.12. The highest BCUT2D eigenvalue weighted by atomic mass is 79.9. The number of aromatic nitrogens is 2. The van der Waals surface area contributed by atoms with Crippen molar-refractivity contribution >= 4 is 27.6 Å². The van der Waals surface area contributed by atoms with E-state index in [9.17, 15) is 0 Å². The van der Waals surface area contributed by atoms with Crippen LogP contribution < -0.4 is 10.2 Å². The molecule has 0 amide bonds. The number of nitrogens with one attached hydrogen (secondary N) is 1. The smallest absolute Gasteiger partial charge is 0.137 e. The summed E-state index contributed by atoms with van der Waals surface area (Å²) in [5.41, 5.74) is 2.34. The number of anilines is 2. The first-order chi connectivity index (χ1) is 10.0. The first kappa shape index (κ1) is 15.8. The molecule has 0 aliphatic rings. The fourth-order valence-corrected chi connectivity index (χ4v) is 2.53. The van der Waals surface area contributed by atoms with E-state index < -0.39 is 0 Å². The third-order valence-electron chi connectivity index (χ3n) is 3.27. The van der Waals surface area contributed by atoms with Gasteiger partial charge in [0, 0.05) is 30.2 Å². The second-order valence-corrected chi connectivity index (χ2v) is 6.00. The molecule has 0 aliphatic heterocycles. The van der Waals surface area contributed by atoms with Crippen LogP contribution in [0.2, 0.25) is 0 Å².